The van der Waals surface area contributed by atoms with Gasteiger partial charge in [0, 0.05) is 11.3 Å². The van der Waals surface area contributed by atoms with Crippen LogP contribution < -0.4 is 5.32 Å². The van der Waals surface area contributed by atoms with Crippen molar-refractivity contribution in [2.45, 2.75) is 19.5 Å². The van der Waals surface area contributed by atoms with Gasteiger partial charge in [-0.15, -0.1) is 0 Å². The van der Waals surface area contributed by atoms with Crippen molar-refractivity contribution in [3.05, 3.63) is 65.7 Å². The molecule has 0 aromatic heterocycles. The molecule has 0 saturated carbocycles. The third kappa shape index (κ3) is 3.61. The van der Waals surface area contributed by atoms with E-state index in [1.165, 1.54) is 47.4 Å². The van der Waals surface area contributed by atoms with Gasteiger partial charge in [0.2, 0.25) is 5.91 Å². The first-order valence-electron chi connectivity index (χ1n) is 7.99. The number of amides is 2. The van der Waals surface area contributed by atoms with E-state index in [4.69, 9.17) is 0 Å². The highest BCUT2D eigenvalue weighted by molar-refractivity contribution is 6.47. The van der Waals surface area contributed by atoms with Crippen molar-refractivity contribution < 1.29 is 18.4 Å². The highest BCUT2D eigenvalue weighted by Gasteiger charge is 2.41. The van der Waals surface area contributed by atoms with Crippen molar-refractivity contribution >= 4 is 23.2 Å². The summed E-state index contributed by atoms with van der Waals surface area (Å²) in [6.45, 7) is 3.17. The maximum Gasteiger partial charge on any atom is 0.275 e. The molecule has 0 spiro atoms. The van der Waals surface area contributed by atoms with Crippen LogP contribution in [0.2, 0.25) is 0 Å². The van der Waals surface area contributed by atoms with Crippen molar-refractivity contribution in [1.29, 1.82) is 0 Å². The number of benzene rings is 2. The standard InChI is InChI=1S/C19H17F2N3O2/c1-19(2)23-17(12-6-8-13(20)9-7-12)18(26)24(19)11-16(25)22-15-5-3-4-14(21)10-15/h3-10H,11H2,1-2H3,(H,22,25). The number of nitrogens with zero attached hydrogens (tertiary/aromatic N) is 2. The van der Waals surface area contributed by atoms with Crippen molar-refractivity contribution in [2.75, 3.05) is 11.9 Å². The van der Waals surface area contributed by atoms with E-state index in [1.807, 2.05) is 0 Å². The van der Waals surface area contributed by atoms with Crippen molar-refractivity contribution in [3.63, 3.8) is 0 Å². The first-order valence-corrected chi connectivity index (χ1v) is 7.99. The number of carbonyl (C=O) groups excluding carboxylic acids is 2. The molecule has 3 rings (SSSR count). The molecular formula is C19H17F2N3O2. The van der Waals surface area contributed by atoms with Crippen molar-refractivity contribution in [2.24, 2.45) is 4.99 Å². The molecule has 2 aromatic carbocycles. The van der Waals surface area contributed by atoms with Gasteiger partial charge in [-0.25, -0.2) is 8.78 Å². The second-order valence-electron chi connectivity index (χ2n) is 6.41. The molecule has 2 amide bonds. The first-order chi connectivity index (χ1) is 12.3. The van der Waals surface area contributed by atoms with E-state index >= 15 is 0 Å². The second-order valence-corrected chi connectivity index (χ2v) is 6.41. The zero-order chi connectivity index (χ0) is 18.9. The van der Waals surface area contributed by atoms with Crippen molar-refractivity contribution in [3.8, 4) is 0 Å². The van der Waals surface area contributed by atoms with E-state index < -0.39 is 29.1 Å². The minimum absolute atomic E-state index is 0.175. The van der Waals surface area contributed by atoms with Crippen LogP contribution in [0.3, 0.4) is 0 Å². The summed E-state index contributed by atoms with van der Waals surface area (Å²) in [6.07, 6.45) is 0. The van der Waals surface area contributed by atoms with Crippen molar-refractivity contribution in [1.82, 2.24) is 4.90 Å². The first kappa shape index (κ1) is 17.7. The molecule has 0 bridgehead atoms. The van der Waals surface area contributed by atoms with Crippen LogP contribution in [0.25, 0.3) is 0 Å². The lowest BCUT2D eigenvalue weighted by atomic mass is 10.1. The number of rotatable bonds is 4. The van der Waals surface area contributed by atoms with Gasteiger partial charge in [0.05, 0.1) is 0 Å². The summed E-state index contributed by atoms with van der Waals surface area (Å²) in [4.78, 5) is 30.7. The van der Waals surface area contributed by atoms with Gasteiger partial charge in [-0.05, 0) is 56.3 Å². The zero-order valence-corrected chi connectivity index (χ0v) is 14.3. The molecule has 5 nitrogen and oxygen atoms in total. The predicted molar refractivity (Wildman–Crippen MR) is 93.8 cm³/mol. The summed E-state index contributed by atoms with van der Waals surface area (Å²) in [5, 5.41) is 2.56. The molecule has 0 unspecified atom stereocenters. The van der Waals surface area contributed by atoms with Crippen LogP contribution in [-0.4, -0.2) is 34.6 Å². The largest absolute Gasteiger partial charge is 0.324 e. The van der Waals surface area contributed by atoms with E-state index in [0.717, 1.165) is 0 Å². The molecule has 1 aliphatic heterocycles. The average molecular weight is 357 g/mol. The molecule has 1 aliphatic rings. The van der Waals surface area contributed by atoms with Crippen LogP contribution in [0.4, 0.5) is 14.5 Å². The van der Waals surface area contributed by atoms with Gasteiger partial charge in [-0.1, -0.05) is 6.07 Å². The third-order valence-corrected chi connectivity index (χ3v) is 4.02. The van der Waals surface area contributed by atoms with Crippen LogP contribution in [0.1, 0.15) is 19.4 Å². The maximum absolute atomic E-state index is 13.2. The van der Waals surface area contributed by atoms with Gasteiger partial charge in [-0.3, -0.25) is 14.6 Å². The van der Waals surface area contributed by atoms with Crippen LogP contribution in [0.5, 0.6) is 0 Å². The average Bonchev–Trinajstić information content (AvgIpc) is 2.79. The normalized spacial score (nSPS) is 15.8. The molecule has 0 aliphatic carbocycles. The fourth-order valence-electron chi connectivity index (χ4n) is 2.73. The monoisotopic (exact) mass is 357 g/mol. The fourth-order valence-corrected chi connectivity index (χ4v) is 2.73. The smallest absolute Gasteiger partial charge is 0.275 e. The molecule has 0 saturated heterocycles. The van der Waals surface area contributed by atoms with E-state index in [2.05, 4.69) is 10.3 Å². The molecule has 26 heavy (non-hydrogen) atoms. The zero-order valence-electron chi connectivity index (χ0n) is 14.3. The summed E-state index contributed by atoms with van der Waals surface area (Å²) in [5.41, 5.74) is 0.0327. The Morgan fingerprint density at radius 3 is 2.46 bits per heavy atom. The van der Waals surface area contributed by atoms with E-state index in [-0.39, 0.29) is 12.3 Å². The Bertz CT molecular complexity index is 892. The van der Waals surface area contributed by atoms with E-state index in [9.17, 15) is 18.4 Å². The SMILES string of the molecule is CC1(C)N=C(c2ccc(F)cc2)C(=O)N1CC(=O)Nc1cccc(F)c1. The van der Waals surface area contributed by atoms with Gasteiger partial charge >= 0.3 is 0 Å². The lowest BCUT2D eigenvalue weighted by molar-refractivity contribution is -0.131. The Kier molecular flexibility index (Phi) is 4.54. The lowest BCUT2D eigenvalue weighted by Gasteiger charge is -2.28. The Morgan fingerprint density at radius 2 is 1.81 bits per heavy atom. The Labute approximate surface area is 149 Å². The number of hydrogen-bond acceptors (Lipinski definition) is 3. The Morgan fingerprint density at radius 1 is 1.12 bits per heavy atom. The minimum Gasteiger partial charge on any atom is -0.324 e. The van der Waals surface area contributed by atoms with E-state index in [0.29, 0.717) is 11.3 Å². The lowest BCUT2D eigenvalue weighted by Crippen LogP contribution is -2.46. The Balaban J connectivity index is 1.75. The summed E-state index contributed by atoms with van der Waals surface area (Å²) in [6, 6.07) is 10.9. The molecule has 0 radical (unpaired) electrons. The molecule has 2 aromatic rings. The number of aliphatic imine (C=N–C) groups is 1. The summed E-state index contributed by atoms with van der Waals surface area (Å²) in [7, 11) is 0. The molecule has 7 heteroatoms. The third-order valence-electron chi connectivity index (χ3n) is 4.02. The van der Waals surface area contributed by atoms with Gasteiger partial charge in [0.25, 0.3) is 5.91 Å². The molecule has 134 valence electrons. The van der Waals surface area contributed by atoms with Crippen LogP contribution in [0.15, 0.2) is 53.5 Å². The topological polar surface area (TPSA) is 61.8 Å². The van der Waals surface area contributed by atoms with Gasteiger partial charge in [-0.2, -0.15) is 0 Å². The number of anilines is 1. The molecular weight excluding hydrogens is 340 g/mol. The van der Waals surface area contributed by atoms with Crippen LogP contribution in [0, 0.1) is 11.6 Å². The number of carbonyl (C=O) groups is 2. The molecule has 1 N–H and O–H groups in total. The van der Waals surface area contributed by atoms with Crippen LogP contribution >= 0.6 is 0 Å². The number of nitrogens with one attached hydrogen (secondary N) is 1. The summed E-state index contributed by atoms with van der Waals surface area (Å²) >= 11 is 0. The maximum atomic E-state index is 13.2. The Hall–Kier alpha value is -3.09. The predicted octanol–water partition coefficient (Wildman–Crippen LogP) is 2.97. The highest BCUT2D eigenvalue weighted by Crippen LogP contribution is 2.26. The number of halogens is 2. The fraction of sp³-hybridized carbons (Fsp3) is 0.211. The second kappa shape index (κ2) is 6.67. The molecule has 1 heterocycles. The van der Waals surface area contributed by atoms with E-state index in [1.54, 1.807) is 19.9 Å². The summed E-state index contributed by atoms with van der Waals surface area (Å²) < 4.78 is 26.3. The van der Waals surface area contributed by atoms with Gasteiger partial charge in [0.1, 0.15) is 29.6 Å². The highest BCUT2D eigenvalue weighted by atomic mass is 19.1. The summed E-state index contributed by atoms with van der Waals surface area (Å²) in [5.74, 6) is -1.77. The quantitative estimate of drug-likeness (QED) is 0.914. The van der Waals surface area contributed by atoms with Crippen LogP contribution in [-0.2, 0) is 9.59 Å². The molecule has 0 fully saturated rings. The number of hydrogen-bond donors (Lipinski definition) is 1. The van der Waals surface area contributed by atoms with Gasteiger partial charge in [0.15, 0.2) is 0 Å². The molecule has 0 atom stereocenters. The minimum atomic E-state index is -0.930. The van der Waals surface area contributed by atoms with Gasteiger partial charge < -0.3 is 10.2 Å².